The van der Waals surface area contributed by atoms with E-state index in [-0.39, 0.29) is 6.10 Å². The molecule has 0 saturated carbocycles. The van der Waals surface area contributed by atoms with E-state index in [0.29, 0.717) is 11.8 Å². The molecule has 0 saturated heterocycles. The first-order valence-electron chi connectivity index (χ1n) is 6.89. The molecule has 0 aliphatic heterocycles. The van der Waals surface area contributed by atoms with E-state index in [9.17, 15) is 5.11 Å². The molecule has 1 aliphatic carbocycles. The lowest BCUT2D eigenvalue weighted by molar-refractivity contribution is 0.156. The molecule has 5 heteroatoms. The number of nitrogens with zero attached hydrogens (tertiary/aromatic N) is 3. The van der Waals surface area contributed by atoms with Gasteiger partial charge in [0, 0.05) is 28.7 Å². The minimum Gasteiger partial charge on any atom is -0.481 e. The van der Waals surface area contributed by atoms with E-state index in [1.807, 2.05) is 30.5 Å². The van der Waals surface area contributed by atoms with Crippen LogP contribution in [-0.4, -0.2) is 26.8 Å². The number of aromatic nitrogens is 3. The molecule has 2 heterocycles. The molecule has 2 aromatic rings. The number of methoxy groups -OCH3 is 1. The molecule has 5 nitrogen and oxygen atoms in total. The summed E-state index contributed by atoms with van der Waals surface area (Å²) >= 11 is 0. The highest BCUT2D eigenvalue weighted by molar-refractivity contribution is 5.38. The second-order valence-electron chi connectivity index (χ2n) is 5.28. The fourth-order valence-corrected chi connectivity index (χ4v) is 2.89. The van der Waals surface area contributed by atoms with Crippen LogP contribution in [-0.2, 0) is 6.42 Å². The molecule has 0 bridgehead atoms. The molecule has 1 aliphatic rings. The highest BCUT2D eigenvalue weighted by Crippen LogP contribution is 2.33. The van der Waals surface area contributed by atoms with Gasteiger partial charge in [-0.2, -0.15) is 4.98 Å². The van der Waals surface area contributed by atoms with Crippen LogP contribution in [0.1, 0.15) is 41.6 Å². The van der Waals surface area contributed by atoms with Gasteiger partial charge in [0.25, 0.3) is 0 Å². The van der Waals surface area contributed by atoms with Gasteiger partial charge in [0.15, 0.2) is 0 Å². The first-order chi connectivity index (χ1) is 9.60. The van der Waals surface area contributed by atoms with Crippen molar-refractivity contribution in [1.29, 1.82) is 0 Å². The molecule has 0 aromatic carbocycles. The van der Waals surface area contributed by atoms with Crippen LogP contribution in [0, 0.1) is 13.8 Å². The molecular formula is C15H19N3O2. The van der Waals surface area contributed by atoms with Crippen molar-refractivity contribution in [2.45, 2.75) is 39.2 Å². The molecule has 0 spiro atoms. The molecule has 1 N–H and O–H groups in total. The summed E-state index contributed by atoms with van der Waals surface area (Å²) in [5.74, 6) is 1.18. The molecular weight excluding hydrogens is 254 g/mol. The third-order valence-corrected chi connectivity index (χ3v) is 3.80. The van der Waals surface area contributed by atoms with Gasteiger partial charge < -0.3 is 9.84 Å². The number of fused-ring (bicyclic) bond motifs is 1. The first kappa shape index (κ1) is 13.1. The van der Waals surface area contributed by atoms with Crippen LogP contribution in [0.3, 0.4) is 0 Å². The van der Waals surface area contributed by atoms with E-state index in [1.54, 1.807) is 7.11 Å². The highest BCUT2D eigenvalue weighted by atomic mass is 16.5. The Labute approximate surface area is 118 Å². The van der Waals surface area contributed by atoms with E-state index in [0.717, 1.165) is 41.9 Å². The maximum Gasteiger partial charge on any atom is 0.237 e. The number of hydrogen-bond acceptors (Lipinski definition) is 4. The molecule has 2 aromatic heterocycles. The van der Waals surface area contributed by atoms with Crippen LogP contribution in [0.2, 0.25) is 0 Å². The average Bonchev–Trinajstić information content (AvgIpc) is 2.76. The summed E-state index contributed by atoms with van der Waals surface area (Å²) in [6, 6.07) is 3.85. The number of rotatable bonds is 2. The third kappa shape index (κ3) is 2.08. The first-order valence-corrected chi connectivity index (χ1v) is 6.89. The zero-order chi connectivity index (χ0) is 14.3. The Morgan fingerprint density at radius 3 is 2.85 bits per heavy atom. The summed E-state index contributed by atoms with van der Waals surface area (Å²) in [4.78, 5) is 8.94. The molecule has 0 amide bonds. The van der Waals surface area contributed by atoms with Crippen LogP contribution in [0.15, 0.2) is 12.1 Å². The maximum absolute atomic E-state index is 10.1. The van der Waals surface area contributed by atoms with Gasteiger partial charge in [-0.3, -0.25) is 4.57 Å². The normalized spacial score (nSPS) is 17.9. The lowest BCUT2D eigenvalue weighted by atomic mass is 9.95. The standard InChI is InChI=1S/C15H19N3O2/c1-9-7-14(20-3)17-15(16-9)18-10(2)8-11-12(18)5-4-6-13(11)19/h7-8,13,19H,4-6H2,1-3H3. The number of aliphatic hydroxyl groups excluding tert-OH is 1. The minimum atomic E-state index is -0.370. The minimum absolute atomic E-state index is 0.370. The van der Waals surface area contributed by atoms with Crippen molar-refractivity contribution in [3.05, 3.63) is 34.8 Å². The molecule has 1 atom stereocenters. The van der Waals surface area contributed by atoms with Crippen molar-refractivity contribution >= 4 is 0 Å². The molecule has 3 rings (SSSR count). The maximum atomic E-state index is 10.1. The quantitative estimate of drug-likeness (QED) is 0.911. The second kappa shape index (κ2) is 4.90. The Kier molecular flexibility index (Phi) is 3.22. The molecule has 0 fully saturated rings. The average molecular weight is 273 g/mol. The monoisotopic (exact) mass is 273 g/mol. The molecule has 106 valence electrons. The molecule has 0 radical (unpaired) electrons. The number of hydrogen-bond donors (Lipinski definition) is 1. The topological polar surface area (TPSA) is 60.2 Å². The second-order valence-corrected chi connectivity index (χ2v) is 5.28. The Hall–Kier alpha value is -1.88. The van der Waals surface area contributed by atoms with Gasteiger partial charge >= 0.3 is 0 Å². The fourth-order valence-electron chi connectivity index (χ4n) is 2.89. The van der Waals surface area contributed by atoms with Crippen molar-refractivity contribution in [1.82, 2.24) is 14.5 Å². The Morgan fingerprint density at radius 2 is 2.10 bits per heavy atom. The Bertz CT molecular complexity index is 649. The van der Waals surface area contributed by atoms with Gasteiger partial charge in [0.2, 0.25) is 11.8 Å². The zero-order valence-electron chi connectivity index (χ0n) is 12.1. The van der Waals surface area contributed by atoms with Crippen LogP contribution in [0.4, 0.5) is 0 Å². The van der Waals surface area contributed by atoms with E-state index >= 15 is 0 Å². The molecule has 20 heavy (non-hydrogen) atoms. The zero-order valence-corrected chi connectivity index (χ0v) is 12.1. The summed E-state index contributed by atoms with van der Waals surface area (Å²) in [7, 11) is 1.60. The van der Waals surface area contributed by atoms with Crippen LogP contribution < -0.4 is 4.74 Å². The lowest BCUT2D eigenvalue weighted by Crippen LogP contribution is -2.13. The lowest BCUT2D eigenvalue weighted by Gasteiger charge is -2.20. The third-order valence-electron chi connectivity index (χ3n) is 3.80. The van der Waals surface area contributed by atoms with Crippen LogP contribution in [0.25, 0.3) is 5.95 Å². The predicted octanol–water partition coefficient (Wildman–Crippen LogP) is 2.26. The summed E-state index contributed by atoms with van der Waals surface area (Å²) in [5, 5.41) is 10.1. The number of aliphatic hydroxyl groups is 1. The summed E-state index contributed by atoms with van der Waals surface area (Å²) in [6.45, 7) is 3.94. The van der Waals surface area contributed by atoms with Gasteiger partial charge in [-0.15, -0.1) is 0 Å². The number of ether oxygens (including phenoxy) is 1. The van der Waals surface area contributed by atoms with Gasteiger partial charge in [-0.1, -0.05) is 0 Å². The van der Waals surface area contributed by atoms with Crippen molar-refractivity contribution in [3.63, 3.8) is 0 Å². The van der Waals surface area contributed by atoms with E-state index in [4.69, 9.17) is 4.74 Å². The van der Waals surface area contributed by atoms with Gasteiger partial charge in [-0.05, 0) is 39.2 Å². The van der Waals surface area contributed by atoms with Crippen molar-refractivity contribution < 1.29 is 9.84 Å². The summed E-state index contributed by atoms with van der Waals surface area (Å²) in [6.07, 6.45) is 2.39. The van der Waals surface area contributed by atoms with Crippen molar-refractivity contribution in [3.8, 4) is 11.8 Å². The molecule has 1 unspecified atom stereocenters. The van der Waals surface area contributed by atoms with Crippen molar-refractivity contribution in [2.24, 2.45) is 0 Å². The van der Waals surface area contributed by atoms with Gasteiger partial charge in [-0.25, -0.2) is 4.98 Å². The van der Waals surface area contributed by atoms with E-state index < -0.39 is 0 Å². The fraction of sp³-hybridized carbons (Fsp3) is 0.467. The van der Waals surface area contributed by atoms with Gasteiger partial charge in [0.05, 0.1) is 13.2 Å². The summed E-state index contributed by atoms with van der Waals surface area (Å²) < 4.78 is 7.26. The van der Waals surface area contributed by atoms with Gasteiger partial charge in [0.1, 0.15) is 0 Å². The Morgan fingerprint density at radius 1 is 1.30 bits per heavy atom. The Balaban J connectivity index is 2.17. The smallest absolute Gasteiger partial charge is 0.237 e. The number of aryl methyl sites for hydroxylation is 2. The van der Waals surface area contributed by atoms with Crippen molar-refractivity contribution in [2.75, 3.05) is 7.11 Å². The van der Waals surface area contributed by atoms with Crippen LogP contribution >= 0.6 is 0 Å². The predicted molar refractivity (Wildman–Crippen MR) is 75.3 cm³/mol. The van der Waals surface area contributed by atoms with E-state index in [1.165, 1.54) is 0 Å². The van der Waals surface area contributed by atoms with Crippen LogP contribution in [0.5, 0.6) is 5.88 Å². The largest absolute Gasteiger partial charge is 0.481 e. The van der Waals surface area contributed by atoms with E-state index in [2.05, 4.69) is 9.97 Å². The highest BCUT2D eigenvalue weighted by Gasteiger charge is 2.24. The summed E-state index contributed by atoms with van der Waals surface area (Å²) in [5.41, 5.74) is 4.04. The SMILES string of the molecule is COc1cc(C)nc(-n2c(C)cc3c2CCCC3O)n1.